The van der Waals surface area contributed by atoms with E-state index in [1.165, 1.54) is 11.3 Å². The number of Topliss-reactive ketones (excluding diaryl/α,β-unsaturated/α-hetero) is 1. The van der Waals surface area contributed by atoms with E-state index in [0.29, 0.717) is 17.8 Å². The molecule has 0 N–H and O–H groups in total. The average Bonchev–Trinajstić information content (AvgIpc) is 2.73. The number of fused-ring (bicyclic) bond motifs is 1. The quantitative estimate of drug-likeness (QED) is 0.801. The summed E-state index contributed by atoms with van der Waals surface area (Å²) in [6.07, 6.45) is 3.04. The molecule has 0 atom stereocenters. The summed E-state index contributed by atoms with van der Waals surface area (Å²) in [6, 6.07) is 0. The van der Waals surface area contributed by atoms with Crippen LogP contribution >= 0.6 is 11.3 Å². The van der Waals surface area contributed by atoms with Gasteiger partial charge in [0.05, 0.1) is 11.3 Å². The van der Waals surface area contributed by atoms with Crippen LogP contribution in [0.25, 0.3) is 10.8 Å². The molecule has 0 unspecified atom stereocenters. The van der Waals surface area contributed by atoms with Crippen molar-refractivity contribution in [3.63, 3.8) is 0 Å². The van der Waals surface area contributed by atoms with Gasteiger partial charge < -0.3 is 0 Å². The van der Waals surface area contributed by atoms with Gasteiger partial charge in [-0.2, -0.15) is 0 Å². The number of carbonyl (C=O) groups is 1. The van der Waals surface area contributed by atoms with E-state index >= 15 is 0 Å². The summed E-state index contributed by atoms with van der Waals surface area (Å²) in [6.45, 7) is 6.15. The van der Waals surface area contributed by atoms with Crippen molar-refractivity contribution >= 4 is 17.1 Å². The molecule has 0 saturated heterocycles. The third-order valence-electron chi connectivity index (χ3n) is 3.26. The summed E-state index contributed by atoms with van der Waals surface area (Å²) in [5.41, 5.74) is 2.49. The van der Waals surface area contributed by atoms with Gasteiger partial charge in [0, 0.05) is 23.7 Å². The smallest absolute Gasteiger partial charge is 0.188 e. The number of ketones is 1. The molecule has 0 radical (unpaired) electrons. The van der Waals surface area contributed by atoms with Crippen LogP contribution in [0.3, 0.4) is 0 Å². The van der Waals surface area contributed by atoms with E-state index in [-0.39, 0.29) is 11.2 Å². The number of aryl methyl sites for hydroxylation is 1. The van der Waals surface area contributed by atoms with Crippen molar-refractivity contribution in [2.75, 3.05) is 0 Å². The molecule has 5 heteroatoms. The molecule has 4 nitrogen and oxygen atoms in total. The zero-order chi connectivity index (χ0) is 13.6. The van der Waals surface area contributed by atoms with Crippen molar-refractivity contribution in [2.24, 2.45) is 5.41 Å². The van der Waals surface area contributed by atoms with E-state index in [4.69, 9.17) is 0 Å². The molecule has 0 spiro atoms. The van der Waals surface area contributed by atoms with Crippen LogP contribution in [-0.2, 0) is 6.42 Å². The van der Waals surface area contributed by atoms with Gasteiger partial charge in [-0.1, -0.05) is 13.8 Å². The number of hydrogen-bond acceptors (Lipinski definition) is 5. The minimum atomic E-state index is -0.0193. The average molecular weight is 273 g/mol. The molecule has 0 bridgehead atoms. The van der Waals surface area contributed by atoms with Crippen molar-refractivity contribution in [1.29, 1.82) is 0 Å². The maximum Gasteiger partial charge on any atom is 0.188 e. The first-order valence-corrected chi connectivity index (χ1v) is 7.14. The van der Waals surface area contributed by atoms with Crippen molar-refractivity contribution in [1.82, 2.24) is 15.0 Å². The van der Waals surface area contributed by atoms with Gasteiger partial charge in [-0.15, -0.1) is 11.3 Å². The van der Waals surface area contributed by atoms with Gasteiger partial charge in [0.15, 0.2) is 16.6 Å². The Morgan fingerprint density at radius 2 is 2.05 bits per heavy atom. The van der Waals surface area contributed by atoms with Crippen molar-refractivity contribution < 1.29 is 4.79 Å². The molecular formula is C14H15N3OS. The lowest BCUT2D eigenvalue weighted by atomic mass is 9.76. The molecular weight excluding hydrogens is 258 g/mol. The topological polar surface area (TPSA) is 55.7 Å². The molecule has 0 saturated carbocycles. The lowest BCUT2D eigenvalue weighted by Crippen LogP contribution is -2.28. The maximum atomic E-state index is 12.1. The molecule has 3 rings (SSSR count). The number of hydrogen-bond donors (Lipinski definition) is 0. The summed E-state index contributed by atoms with van der Waals surface area (Å²) < 4.78 is 0. The fourth-order valence-electron chi connectivity index (χ4n) is 2.39. The maximum absolute atomic E-state index is 12.1. The molecule has 0 aromatic carbocycles. The van der Waals surface area contributed by atoms with Crippen LogP contribution in [0.15, 0.2) is 11.6 Å². The minimum absolute atomic E-state index is 0.0193. The molecule has 0 amide bonds. The molecule has 2 heterocycles. The van der Waals surface area contributed by atoms with Crippen LogP contribution < -0.4 is 0 Å². The second-order valence-corrected chi connectivity index (χ2v) is 6.65. The van der Waals surface area contributed by atoms with Gasteiger partial charge in [0.2, 0.25) is 0 Å². The van der Waals surface area contributed by atoms with Crippen LogP contribution in [0.5, 0.6) is 0 Å². The van der Waals surface area contributed by atoms with Crippen molar-refractivity contribution in [3.8, 4) is 10.8 Å². The largest absolute Gasteiger partial charge is 0.294 e. The Kier molecular flexibility index (Phi) is 2.74. The standard InChI is InChI=1S/C14H15N3OS/c1-8-7-19-13(16-8)12-15-6-9-10(17-12)4-14(2,3)5-11(9)18/h6-7H,4-5H2,1-3H3. The van der Waals surface area contributed by atoms with E-state index < -0.39 is 0 Å². The highest BCUT2D eigenvalue weighted by Gasteiger charge is 2.32. The number of thiazole rings is 1. The highest BCUT2D eigenvalue weighted by molar-refractivity contribution is 7.13. The fourth-order valence-corrected chi connectivity index (χ4v) is 3.13. The van der Waals surface area contributed by atoms with Gasteiger partial charge in [-0.05, 0) is 18.8 Å². The van der Waals surface area contributed by atoms with Gasteiger partial charge in [0.1, 0.15) is 0 Å². The van der Waals surface area contributed by atoms with E-state index in [1.807, 2.05) is 12.3 Å². The molecule has 98 valence electrons. The monoisotopic (exact) mass is 273 g/mol. The summed E-state index contributed by atoms with van der Waals surface area (Å²) >= 11 is 1.53. The Morgan fingerprint density at radius 3 is 2.74 bits per heavy atom. The predicted molar refractivity (Wildman–Crippen MR) is 74.3 cm³/mol. The summed E-state index contributed by atoms with van der Waals surface area (Å²) in [5.74, 6) is 0.774. The minimum Gasteiger partial charge on any atom is -0.294 e. The van der Waals surface area contributed by atoms with Crippen molar-refractivity contribution in [2.45, 2.75) is 33.6 Å². The Hall–Kier alpha value is -1.62. The molecule has 19 heavy (non-hydrogen) atoms. The van der Waals surface area contributed by atoms with E-state index in [1.54, 1.807) is 6.20 Å². The number of aromatic nitrogens is 3. The summed E-state index contributed by atoms with van der Waals surface area (Å²) in [4.78, 5) is 25.3. The Balaban J connectivity index is 2.06. The van der Waals surface area contributed by atoms with Crippen molar-refractivity contribution in [3.05, 3.63) is 28.5 Å². The van der Waals surface area contributed by atoms with Crippen LogP contribution in [0.1, 0.15) is 42.0 Å². The summed E-state index contributed by atoms with van der Waals surface area (Å²) in [7, 11) is 0. The van der Waals surface area contributed by atoms with E-state index in [9.17, 15) is 4.79 Å². The van der Waals surface area contributed by atoms with Crippen LogP contribution in [0.2, 0.25) is 0 Å². The van der Waals surface area contributed by atoms with Crippen LogP contribution in [-0.4, -0.2) is 20.7 Å². The highest BCUT2D eigenvalue weighted by Crippen LogP contribution is 2.34. The van der Waals surface area contributed by atoms with Gasteiger partial charge in [-0.25, -0.2) is 15.0 Å². The second kappa shape index (κ2) is 4.20. The molecule has 2 aromatic rings. The lowest BCUT2D eigenvalue weighted by molar-refractivity contribution is 0.0910. The van der Waals surface area contributed by atoms with Crippen LogP contribution in [0.4, 0.5) is 0 Å². The molecule has 0 fully saturated rings. The first kappa shape index (κ1) is 12.4. The number of nitrogens with zero attached hydrogens (tertiary/aromatic N) is 3. The lowest BCUT2D eigenvalue weighted by Gasteiger charge is -2.29. The first-order chi connectivity index (χ1) is 8.94. The molecule has 2 aromatic heterocycles. The number of carbonyl (C=O) groups excluding carboxylic acids is 1. The molecule has 0 aliphatic heterocycles. The van der Waals surface area contributed by atoms with Crippen LogP contribution in [0, 0.1) is 12.3 Å². The Bertz CT molecular complexity index is 660. The highest BCUT2D eigenvalue weighted by atomic mass is 32.1. The van der Waals surface area contributed by atoms with E-state index in [2.05, 4.69) is 28.8 Å². The molecule has 1 aliphatic carbocycles. The predicted octanol–water partition coefficient (Wildman–Crippen LogP) is 3.06. The number of rotatable bonds is 1. The third-order valence-corrected chi connectivity index (χ3v) is 4.22. The zero-order valence-electron chi connectivity index (χ0n) is 11.2. The Labute approximate surface area is 115 Å². The zero-order valence-corrected chi connectivity index (χ0v) is 12.0. The van der Waals surface area contributed by atoms with E-state index in [0.717, 1.165) is 22.8 Å². The Morgan fingerprint density at radius 1 is 1.26 bits per heavy atom. The van der Waals surface area contributed by atoms with Gasteiger partial charge in [-0.3, -0.25) is 4.79 Å². The third kappa shape index (κ3) is 2.30. The van der Waals surface area contributed by atoms with Gasteiger partial charge in [0.25, 0.3) is 0 Å². The second-order valence-electron chi connectivity index (χ2n) is 5.79. The normalized spacial score (nSPS) is 17.3. The molecule has 1 aliphatic rings. The SMILES string of the molecule is Cc1csc(-c2ncc3c(n2)CC(C)(C)CC3=O)n1. The first-order valence-electron chi connectivity index (χ1n) is 6.26. The fraction of sp³-hybridized carbons (Fsp3) is 0.429. The van der Waals surface area contributed by atoms with Gasteiger partial charge >= 0.3 is 0 Å². The summed E-state index contributed by atoms with van der Waals surface area (Å²) in [5, 5.41) is 2.80.